The number of hydrogen-bond acceptors (Lipinski definition) is 3. The number of carbonyl (C=O) groups excluding carboxylic acids is 1. The average Bonchev–Trinajstić information content (AvgIpc) is 3.34. The van der Waals surface area contributed by atoms with Gasteiger partial charge in [0.2, 0.25) is 0 Å². The van der Waals surface area contributed by atoms with Gasteiger partial charge >= 0.3 is 0 Å². The van der Waals surface area contributed by atoms with Crippen molar-refractivity contribution in [2.45, 2.75) is 20.4 Å². The maximum Gasteiger partial charge on any atom is 0.280 e. The topological polar surface area (TPSA) is 46.8 Å². The third-order valence-electron chi connectivity index (χ3n) is 5.91. The molecule has 5 rings (SSSR count). The minimum Gasteiger partial charge on any atom is -0.492 e. The van der Waals surface area contributed by atoms with Gasteiger partial charge in [-0.15, -0.1) is 0 Å². The molecule has 4 aromatic rings. The van der Waals surface area contributed by atoms with Gasteiger partial charge in [0.1, 0.15) is 12.4 Å². The van der Waals surface area contributed by atoms with E-state index in [1.807, 2.05) is 80.6 Å². The Morgan fingerprint density at radius 1 is 1.00 bits per heavy atom. The first-order chi connectivity index (χ1) is 16.5. The summed E-state index contributed by atoms with van der Waals surface area (Å²) in [6, 6.07) is 23.3. The van der Waals surface area contributed by atoms with Crippen LogP contribution in [-0.4, -0.2) is 22.8 Å². The molecule has 0 fully saturated rings. The summed E-state index contributed by atoms with van der Waals surface area (Å²) in [6.07, 6.45) is 4.01. The fraction of sp³-hybridized carbons (Fsp3) is 0.143. The molecule has 1 aliphatic heterocycles. The molecule has 0 spiro atoms. The van der Waals surface area contributed by atoms with E-state index in [0.29, 0.717) is 24.4 Å². The summed E-state index contributed by atoms with van der Waals surface area (Å²) in [5, 5.41) is 7.77. The van der Waals surface area contributed by atoms with Crippen molar-refractivity contribution in [1.82, 2.24) is 4.57 Å². The zero-order valence-corrected chi connectivity index (χ0v) is 19.8. The first kappa shape index (κ1) is 22.0. The molecule has 5 nitrogen and oxygen atoms in total. The van der Waals surface area contributed by atoms with Crippen molar-refractivity contribution in [1.29, 1.82) is 0 Å². The Morgan fingerprint density at radius 2 is 1.76 bits per heavy atom. The molecular formula is C28H24ClN3O2. The third-order valence-corrected chi connectivity index (χ3v) is 6.34. The Balaban J connectivity index is 1.40. The number of anilines is 1. The molecule has 1 amide bonds. The van der Waals surface area contributed by atoms with E-state index in [9.17, 15) is 4.79 Å². The van der Waals surface area contributed by atoms with Crippen LogP contribution in [0.1, 0.15) is 18.1 Å². The Bertz CT molecular complexity index is 1440. The van der Waals surface area contributed by atoms with Crippen LogP contribution in [0.25, 0.3) is 17.0 Å². The summed E-state index contributed by atoms with van der Waals surface area (Å²) in [6.45, 7) is 5.01. The van der Waals surface area contributed by atoms with Crippen molar-refractivity contribution in [2.75, 3.05) is 11.6 Å². The Kier molecular flexibility index (Phi) is 5.95. The number of halogens is 1. The maximum absolute atomic E-state index is 13.2. The molecule has 0 atom stereocenters. The predicted octanol–water partition coefficient (Wildman–Crippen LogP) is 6.49. The number of aromatic nitrogens is 1. The molecule has 1 aromatic heterocycles. The standard InChI is InChI=1S/C28H24ClN3O2/c1-19-16-23(12-13-26(19)29)34-15-14-31-18-21(24-10-6-7-11-27(24)31)17-25-20(2)30-32(28(25)33)22-8-4-3-5-9-22/h3-13,16-18H,14-15H2,1-2H3/b25-17+. The summed E-state index contributed by atoms with van der Waals surface area (Å²) in [4.78, 5) is 13.2. The molecule has 0 aliphatic carbocycles. The Hall–Kier alpha value is -3.83. The van der Waals surface area contributed by atoms with Gasteiger partial charge in [0.25, 0.3) is 5.91 Å². The molecule has 0 saturated heterocycles. The lowest BCUT2D eigenvalue weighted by molar-refractivity contribution is -0.114. The summed E-state index contributed by atoms with van der Waals surface area (Å²) in [7, 11) is 0. The number of benzene rings is 3. The zero-order valence-electron chi connectivity index (χ0n) is 19.0. The number of nitrogens with zero attached hydrogens (tertiary/aromatic N) is 3. The highest BCUT2D eigenvalue weighted by atomic mass is 35.5. The van der Waals surface area contributed by atoms with Crippen LogP contribution in [0.4, 0.5) is 5.69 Å². The molecule has 0 bridgehead atoms. The number of carbonyl (C=O) groups is 1. The molecule has 0 saturated carbocycles. The van der Waals surface area contributed by atoms with Crippen molar-refractivity contribution >= 4 is 45.9 Å². The lowest BCUT2D eigenvalue weighted by Gasteiger charge is -2.10. The SMILES string of the molecule is CC1=NN(c2ccccc2)C(=O)/C1=C/c1cn(CCOc2ccc(Cl)c(C)c2)c2ccccc12. The molecule has 34 heavy (non-hydrogen) atoms. The summed E-state index contributed by atoms with van der Waals surface area (Å²) < 4.78 is 8.12. The van der Waals surface area contributed by atoms with Gasteiger partial charge < -0.3 is 9.30 Å². The van der Waals surface area contributed by atoms with E-state index in [1.165, 1.54) is 5.01 Å². The Labute approximate surface area is 203 Å². The molecule has 0 N–H and O–H groups in total. The second-order valence-corrected chi connectivity index (χ2v) is 8.66. The number of para-hydroxylation sites is 2. The van der Waals surface area contributed by atoms with Crippen LogP contribution in [0.5, 0.6) is 5.75 Å². The van der Waals surface area contributed by atoms with E-state index >= 15 is 0 Å². The third kappa shape index (κ3) is 4.22. The van der Waals surface area contributed by atoms with E-state index in [1.54, 1.807) is 0 Å². The second kappa shape index (κ2) is 9.20. The normalized spacial score (nSPS) is 14.8. The van der Waals surface area contributed by atoms with Gasteiger partial charge in [0.05, 0.1) is 23.5 Å². The van der Waals surface area contributed by atoms with E-state index in [0.717, 1.165) is 38.5 Å². The zero-order chi connectivity index (χ0) is 23.7. The highest BCUT2D eigenvalue weighted by molar-refractivity contribution is 6.32. The van der Waals surface area contributed by atoms with Crippen LogP contribution in [0, 0.1) is 6.92 Å². The molecular weight excluding hydrogens is 446 g/mol. The van der Waals surface area contributed by atoms with Crippen LogP contribution in [0.2, 0.25) is 5.02 Å². The fourth-order valence-electron chi connectivity index (χ4n) is 4.13. The fourth-order valence-corrected chi connectivity index (χ4v) is 4.25. The van der Waals surface area contributed by atoms with Gasteiger partial charge in [-0.25, -0.2) is 0 Å². The number of fused-ring (bicyclic) bond motifs is 1. The number of amides is 1. The minimum absolute atomic E-state index is 0.123. The highest BCUT2D eigenvalue weighted by Crippen LogP contribution is 2.28. The van der Waals surface area contributed by atoms with Crippen LogP contribution >= 0.6 is 11.6 Å². The molecule has 2 heterocycles. The van der Waals surface area contributed by atoms with Crippen LogP contribution in [0.15, 0.2) is 89.7 Å². The van der Waals surface area contributed by atoms with E-state index in [2.05, 4.69) is 28.0 Å². The number of aryl methyl sites for hydroxylation is 1. The van der Waals surface area contributed by atoms with Crippen molar-refractivity contribution in [3.05, 3.63) is 101 Å². The van der Waals surface area contributed by atoms with Crippen molar-refractivity contribution < 1.29 is 9.53 Å². The largest absolute Gasteiger partial charge is 0.492 e. The predicted molar refractivity (Wildman–Crippen MR) is 139 cm³/mol. The van der Waals surface area contributed by atoms with Crippen molar-refractivity contribution in [2.24, 2.45) is 5.10 Å². The van der Waals surface area contributed by atoms with Gasteiger partial charge in [-0.05, 0) is 61.9 Å². The van der Waals surface area contributed by atoms with Gasteiger partial charge in [-0.2, -0.15) is 10.1 Å². The maximum atomic E-state index is 13.2. The lowest BCUT2D eigenvalue weighted by Crippen LogP contribution is -2.21. The van der Waals surface area contributed by atoms with Crippen molar-refractivity contribution in [3.8, 4) is 5.75 Å². The highest BCUT2D eigenvalue weighted by Gasteiger charge is 2.28. The summed E-state index contributed by atoms with van der Waals surface area (Å²) in [5.74, 6) is 0.673. The van der Waals surface area contributed by atoms with Gasteiger partial charge in [-0.3, -0.25) is 4.79 Å². The van der Waals surface area contributed by atoms with Crippen molar-refractivity contribution in [3.63, 3.8) is 0 Å². The molecule has 0 unspecified atom stereocenters. The summed E-state index contributed by atoms with van der Waals surface area (Å²) >= 11 is 6.11. The van der Waals surface area contributed by atoms with E-state index in [-0.39, 0.29) is 5.91 Å². The molecule has 6 heteroatoms. The molecule has 3 aromatic carbocycles. The average molecular weight is 470 g/mol. The summed E-state index contributed by atoms with van der Waals surface area (Å²) in [5.41, 5.74) is 5.11. The van der Waals surface area contributed by atoms with Crippen LogP contribution in [0.3, 0.4) is 0 Å². The first-order valence-corrected chi connectivity index (χ1v) is 11.5. The molecule has 170 valence electrons. The van der Waals surface area contributed by atoms with Crippen LogP contribution in [-0.2, 0) is 11.3 Å². The molecule has 1 aliphatic rings. The molecule has 0 radical (unpaired) electrons. The number of ether oxygens (including phenoxy) is 1. The van der Waals surface area contributed by atoms with E-state index < -0.39 is 0 Å². The van der Waals surface area contributed by atoms with Gasteiger partial charge in [-0.1, -0.05) is 48.0 Å². The lowest BCUT2D eigenvalue weighted by atomic mass is 10.1. The second-order valence-electron chi connectivity index (χ2n) is 8.25. The minimum atomic E-state index is -0.123. The quantitative estimate of drug-likeness (QED) is 0.303. The Morgan fingerprint density at radius 3 is 2.56 bits per heavy atom. The van der Waals surface area contributed by atoms with Gasteiger partial charge in [0, 0.05) is 27.7 Å². The number of hydrazone groups is 1. The van der Waals surface area contributed by atoms with Crippen LogP contribution < -0.4 is 9.75 Å². The first-order valence-electron chi connectivity index (χ1n) is 11.1. The van der Waals surface area contributed by atoms with Gasteiger partial charge in [0.15, 0.2) is 0 Å². The smallest absolute Gasteiger partial charge is 0.280 e. The number of hydrogen-bond donors (Lipinski definition) is 0. The monoisotopic (exact) mass is 469 g/mol. The van der Waals surface area contributed by atoms with E-state index in [4.69, 9.17) is 16.3 Å². The number of rotatable bonds is 6.